The van der Waals surface area contributed by atoms with Crippen LogP contribution in [0.15, 0.2) is 59.1 Å². The number of carbonyl (C=O) groups is 1. The van der Waals surface area contributed by atoms with Gasteiger partial charge in [-0.1, -0.05) is 46.3 Å². The molecule has 2 aromatic rings. The highest BCUT2D eigenvalue weighted by Gasteiger charge is 2.30. The van der Waals surface area contributed by atoms with Crippen LogP contribution < -0.4 is 5.32 Å². The van der Waals surface area contributed by atoms with E-state index in [0.29, 0.717) is 19.6 Å². The van der Waals surface area contributed by atoms with Crippen LogP contribution in [0.5, 0.6) is 0 Å². The maximum atomic E-state index is 12.2. The minimum atomic E-state index is -0.372. The van der Waals surface area contributed by atoms with Crippen molar-refractivity contribution in [1.29, 1.82) is 0 Å². The van der Waals surface area contributed by atoms with Gasteiger partial charge in [-0.25, -0.2) is 13.6 Å². The number of ether oxygens (including phenoxy) is 1. The van der Waals surface area contributed by atoms with Gasteiger partial charge in [-0.3, -0.25) is 0 Å². The summed E-state index contributed by atoms with van der Waals surface area (Å²) in [7, 11) is 0. The van der Waals surface area contributed by atoms with Crippen molar-refractivity contribution in [3.05, 3.63) is 70.5 Å². The van der Waals surface area contributed by atoms with E-state index in [1.165, 1.54) is 12.1 Å². The van der Waals surface area contributed by atoms with Crippen molar-refractivity contribution in [2.24, 2.45) is 0 Å². The molecule has 2 aromatic carbocycles. The molecule has 1 heterocycles. The number of cyclic esters (lactones) is 1. The number of carbonyl (C=O) groups excluding carboxylic acids is 1. The average Bonchev–Trinajstić information content (AvgIpc) is 2.72. The first-order valence-electron chi connectivity index (χ1n) is 9.71. The number of hydrogen-bond donors (Lipinski definition) is 1. The molecule has 0 bridgehead atoms. The van der Waals surface area contributed by atoms with Crippen LogP contribution in [-0.4, -0.2) is 43.4 Å². The zero-order valence-electron chi connectivity index (χ0n) is 16.5. The molecule has 3 rings (SSSR count). The highest BCUT2D eigenvalue weighted by Crippen LogP contribution is 2.26. The predicted molar refractivity (Wildman–Crippen MR) is 114 cm³/mol. The van der Waals surface area contributed by atoms with E-state index in [1.54, 1.807) is 23.1 Å². The molecule has 7 heteroatoms. The third-order valence-corrected chi connectivity index (χ3v) is 5.19. The van der Waals surface area contributed by atoms with Crippen molar-refractivity contribution in [2.45, 2.75) is 31.9 Å². The summed E-state index contributed by atoms with van der Waals surface area (Å²) in [6.07, 6.45) is 1.20. The van der Waals surface area contributed by atoms with Crippen LogP contribution in [0.3, 0.4) is 0 Å². The van der Waals surface area contributed by atoms with E-state index in [9.17, 15) is 13.6 Å². The second kappa shape index (κ2) is 12.5. The molecule has 0 saturated carbocycles. The summed E-state index contributed by atoms with van der Waals surface area (Å²) in [4.78, 5) is 13.9. The fourth-order valence-electron chi connectivity index (χ4n) is 2.99. The van der Waals surface area contributed by atoms with Crippen LogP contribution in [-0.2, 0) is 4.74 Å². The number of amides is 1. The average molecular weight is 469 g/mol. The normalized spacial score (nSPS) is 17.2. The van der Waals surface area contributed by atoms with Crippen molar-refractivity contribution >= 4 is 22.0 Å². The number of benzene rings is 2. The van der Waals surface area contributed by atoms with Gasteiger partial charge < -0.3 is 15.0 Å². The Kier molecular flexibility index (Phi) is 10.1. The molecule has 1 amide bonds. The van der Waals surface area contributed by atoms with Gasteiger partial charge in [0.15, 0.2) is 0 Å². The summed E-state index contributed by atoms with van der Waals surface area (Å²) in [6.45, 7) is 3.35. The molecule has 2 unspecified atom stereocenters. The van der Waals surface area contributed by atoms with Gasteiger partial charge >= 0.3 is 6.09 Å². The van der Waals surface area contributed by atoms with Gasteiger partial charge in [0.1, 0.15) is 18.6 Å². The lowest BCUT2D eigenvalue weighted by molar-refractivity contribution is 0.0102. The molecule has 0 aromatic heterocycles. The molecule has 4 nitrogen and oxygen atoms in total. The summed E-state index contributed by atoms with van der Waals surface area (Å²) in [6, 6.07) is 15.9. The van der Waals surface area contributed by atoms with Crippen molar-refractivity contribution in [3.63, 3.8) is 0 Å². The molecule has 1 saturated heterocycles. The fourth-order valence-corrected chi connectivity index (χ4v) is 3.25. The van der Waals surface area contributed by atoms with E-state index in [0.717, 1.165) is 22.9 Å². The highest BCUT2D eigenvalue weighted by molar-refractivity contribution is 9.10. The molecule has 29 heavy (non-hydrogen) atoms. The van der Waals surface area contributed by atoms with E-state index < -0.39 is 0 Å². The number of nitrogens with one attached hydrogen (secondary N) is 1. The minimum Gasteiger partial charge on any atom is -0.446 e. The molecule has 1 aliphatic heterocycles. The van der Waals surface area contributed by atoms with E-state index in [-0.39, 0.29) is 30.7 Å². The molecule has 1 aliphatic rings. The number of alkyl halides is 1. The first-order chi connectivity index (χ1) is 14.0. The largest absolute Gasteiger partial charge is 0.446 e. The summed E-state index contributed by atoms with van der Waals surface area (Å²) >= 11 is 3.41. The lowest BCUT2D eigenvalue weighted by atomic mass is 10.1. The van der Waals surface area contributed by atoms with Gasteiger partial charge in [0, 0.05) is 24.0 Å². The standard InChI is InChI=1S/C16H22BrFN2O2.C6H5F/c1-12(13-2-4-14(17)5-3-13)20-11-7-15(22-16(20)21)6-9-19-10-8-18;7-6-4-2-1-3-5-6/h2-5,12,15,19H,6-11H2,1H3;1-5H. The number of rotatable bonds is 7. The molecule has 0 radical (unpaired) electrons. The zero-order valence-corrected chi connectivity index (χ0v) is 18.1. The van der Waals surface area contributed by atoms with Crippen LogP contribution in [0.2, 0.25) is 0 Å². The van der Waals surface area contributed by atoms with Gasteiger partial charge in [-0.15, -0.1) is 0 Å². The SMILES string of the molecule is CC(c1ccc(Br)cc1)N1CCC(CCNCCF)OC1=O.Fc1ccccc1. The second-order valence-electron chi connectivity index (χ2n) is 6.74. The van der Waals surface area contributed by atoms with Crippen LogP contribution in [0, 0.1) is 5.82 Å². The van der Waals surface area contributed by atoms with Crippen molar-refractivity contribution in [1.82, 2.24) is 10.2 Å². The molecule has 1 N–H and O–H groups in total. The lowest BCUT2D eigenvalue weighted by Gasteiger charge is -2.36. The number of halogens is 3. The van der Waals surface area contributed by atoms with E-state index in [2.05, 4.69) is 21.2 Å². The summed E-state index contributed by atoms with van der Waals surface area (Å²) in [5.74, 6) is -0.178. The Morgan fingerprint density at radius 1 is 1.17 bits per heavy atom. The Balaban J connectivity index is 0.000000360. The molecule has 158 valence electrons. The quantitative estimate of drug-likeness (QED) is 0.545. The van der Waals surface area contributed by atoms with Gasteiger partial charge in [0.05, 0.1) is 6.04 Å². The lowest BCUT2D eigenvalue weighted by Crippen LogP contribution is -2.44. The van der Waals surface area contributed by atoms with Gasteiger partial charge in [-0.2, -0.15) is 0 Å². The van der Waals surface area contributed by atoms with Crippen LogP contribution in [0.4, 0.5) is 13.6 Å². The van der Waals surface area contributed by atoms with Crippen molar-refractivity contribution in [2.75, 3.05) is 26.3 Å². The highest BCUT2D eigenvalue weighted by atomic mass is 79.9. The van der Waals surface area contributed by atoms with E-state index in [1.807, 2.05) is 31.2 Å². The predicted octanol–water partition coefficient (Wildman–Crippen LogP) is 5.50. The Morgan fingerprint density at radius 2 is 1.86 bits per heavy atom. The van der Waals surface area contributed by atoms with Crippen molar-refractivity contribution < 1.29 is 18.3 Å². The fraction of sp³-hybridized carbons (Fsp3) is 0.409. The van der Waals surface area contributed by atoms with E-state index >= 15 is 0 Å². The Hall–Kier alpha value is -1.99. The monoisotopic (exact) mass is 468 g/mol. The molecule has 0 spiro atoms. The van der Waals surface area contributed by atoms with Crippen LogP contribution in [0.1, 0.15) is 31.4 Å². The van der Waals surface area contributed by atoms with Crippen LogP contribution in [0.25, 0.3) is 0 Å². The van der Waals surface area contributed by atoms with E-state index in [4.69, 9.17) is 4.74 Å². The smallest absolute Gasteiger partial charge is 0.410 e. The topological polar surface area (TPSA) is 41.6 Å². The maximum absolute atomic E-state index is 12.2. The Labute approximate surface area is 179 Å². The third-order valence-electron chi connectivity index (χ3n) is 4.66. The van der Waals surface area contributed by atoms with Gasteiger partial charge in [0.2, 0.25) is 0 Å². The first kappa shape index (κ1) is 23.3. The molecular weight excluding hydrogens is 442 g/mol. The molecular formula is C22H27BrF2N2O2. The third kappa shape index (κ3) is 8.11. The van der Waals surface area contributed by atoms with Crippen LogP contribution >= 0.6 is 15.9 Å². The van der Waals surface area contributed by atoms with Gasteiger partial charge in [-0.05, 0) is 49.7 Å². The molecule has 2 atom stereocenters. The Morgan fingerprint density at radius 3 is 2.41 bits per heavy atom. The maximum Gasteiger partial charge on any atom is 0.410 e. The Bertz CT molecular complexity index is 731. The zero-order chi connectivity index (χ0) is 21.1. The minimum absolute atomic E-state index is 0.00814. The summed E-state index contributed by atoms with van der Waals surface area (Å²) in [5, 5.41) is 2.98. The van der Waals surface area contributed by atoms with Gasteiger partial charge in [0.25, 0.3) is 0 Å². The first-order valence-corrected chi connectivity index (χ1v) is 10.5. The number of nitrogens with zero attached hydrogens (tertiary/aromatic N) is 1. The summed E-state index contributed by atoms with van der Waals surface area (Å²) < 4.78 is 30.4. The molecule has 1 fully saturated rings. The molecule has 0 aliphatic carbocycles. The van der Waals surface area contributed by atoms with Crippen molar-refractivity contribution in [3.8, 4) is 0 Å². The second-order valence-corrected chi connectivity index (χ2v) is 7.65. The number of hydrogen-bond acceptors (Lipinski definition) is 3. The summed E-state index contributed by atoms with van der Waals surface area (Å²) in [5.41, 5.74) is 1.09.